The third-order valence-electron chi connectivity index (χ3n) is 6.71. The molecule has 12 heteroatoms. The SMILES string of the molecule is CC(=O)NC[C@H]1CN(c2ccc(N3CCN(C(=O)CCCC#Cc4cccc(NC(=O)O)c4)CC3)c(F)c2)C(=O)O1. The van der Waals surface area contributed by atoms with Crippen LogP contribution >= 0.6 is 0 Å². The van der Waals surface area contributed by atoms with E-state index >= 15 is 4.39 Å². The molecule has 2 aliphatic heterocycles. The Morgan fingerprint density at radius 1 is 1.12 bits per heavy atom. The van der Waals surface area contributed by atoms with E-state index in [-0.39, 0.29) is 24.9 Å². The Labute approximate surface area is 237 Å². The van der Waals surface area contributed by atoms with Crippen molar-refractivity contribution in [3.63, 3.8) is 0 Å². The molecule has 216 valence electrons. The Bertz CT molecular complexity index is 1360. The number of anilines is 3. The maximum Gasteiger partial charge on any atom is 0.414 e. The lowest BCUT2D eigenvalue weighted by Gasteiger charge is -2.36. The van der Waals surface area contributed by atoms with Crippen molar-refractivity contribution in [1.29, 1.82) is 0 Å². The molecule has 0 radical (unpaired) electrons. The molecule has 2 aromatic rings. The molecule has 2 saturated heterocycles. The zero-order valence-electron chi connectivity index (χ0n) is 22.7. The summed E-state index contributed by atoms with van der Waals surface area (Å²) in [6.45, 7) is 3.68. The van der Waals surface area contributed by atoms with Gasteiger partial charge in [-0.25, -0.2) is 14.0 Å². The van der Waals surface area contributed by atoms with Gasteiger partial charge in [0.25, 0.3) is 0 Å². The van der Waals surface area contributed by atoms with Crippen LogP contribution in [0.2, 0.25) is 0 Å². The molecule has 0 unspecified atom stereocenters. The number of nitrogens with one attached hydrogen (secondary N) is 2. The van der Waals surface area contributed by atoms with Gasteiger partial charge in [-0.1, -0.05) is 17.9 Å². The molecule has 11 nitrogen and oxygen atoms in total. The third-order valence-corrected chi connectivity index (χ3v) is 6.71. The van der Waals surface area contributed by atoms with Crippen LogP contribution in [0.1, 0.15) is 31.7 Å². The van der Waals surface area contributed by atoms with E-state index in [1.165, 1.54) is 17.9 Å². The van der Waals surface area contributed by atoms with Gasteiger partial charge >= 0.3 is 12.2 Å². The lowest BCUT2D eigenvalue weighted by molar-refractivity contribution is -0.131. The Morgan fingerprint density at radius 2 is 1.90 bits per heavy atom. The number of hydrogen-bond donors (Lipinski definition) is 3. The largest absolute Gasteiger partial charge is 0.465 e. The van der Waals surface area contributed by atoms with Crippen molar-refractivity contribution in [2.75, 3.05) is 54.4 Å². The molecule has 2 aliphatic rings. The van der Waals surface area contributed by atoms with Crippen LogP contribution in [-0.2, 0) is 14.3 Å². The summed E-state index contributed by atoms with van der Waals surface area (Å²) < 4.78 is 20.3. The number of halogens is 1. The van der Waals surface area contributed by atoms with Crippen molar-refractivity contribution in [2.45, 2.75) is 32.3 Å². The third kappa shape index (κ3) is 8.11. The molecule has 2 fully saturated rings. The number of amides is 4. The van der Waals surface area contributed by atoms with Crippen LogP contribution in [0.3, 0.4) is 0 Å². The number of piperazine rings is 1. The van der Waals surface area contributed by atoms with Gasteiger partial charge in [0.05, 0.1) is 24.5 Å². The molecule has 0 bridgehead atoms. The lowest BCUT2D eigenvalue weighted by Crippen LogP contribution is -2.49. The molecule has 41 heavy (non-hydrogen) atoms. The van der Waals surface area contributed by atoms with Crippen LogP contribution in [0.5, 0.6) is 0 Å². The summed E-state index contributed by atoms with van der Waals surface area (Å²) in [5, 5.41) is 13.7. The summed E-state index contributed by atoms with van der Waals surface area (Å²) in [6, 6.07) is 11.4. The fourth-order valence-electron chi connectivity index (χ4n) is 4.66. The summed E-state index contributed by atoms with van der Waals surface area (Å²) >= 11 is 0. The quantitative estimate of drug-likeness (QED) is 0.331. The molecule has 2 heterocycles. The van der Waals surface area contributed by atoms with Crippen LogP contribution in [0.4, 0.5) is 31.0 Å². The topological polar surface area (TPSA) is 132 Å². The van der Waals surface area contributed by atoms with Gasteiger partial charge in [-0.3, -0.25) is 19.8 Å². The van der Waals surface area contributed by atoms with Gasteiger partial charge in [0.15, 0.2) is 0 Å². The van der Waals surface area contributed by atoms with Gasteiger partial charge in [-0.2, -0.15) is 0 Å². The van der Waals surface area contributed by atoms with E-state index in [1.807, 2.05) is 4.90 Å². The molecule has 2 aromatic carbocycles. The number of hydrogen-bond acceptors (Lipinski definition) is 6. The van der Waals surface area contributed by atoms with Crippen LogP contribution in [0.25, 0.3) is 0 Å². The lowest BCUT2D eigenvalue weighted by atomic mass is 10.1. The molecular formula is C29H32FN5O6. The van der Waals surface area contributed by atoms with Crippen LogP contribution in [-0.4, -0.2) is 79.4 Å². The first-order valence-electron chi connectivity index (χ1n) is 13.3. The first-order valence-corrected chi connectivity index (χ1v) is 13.3. The zero-order chi connectivity index (χ0) is 29.4. The molecule has 0 aromatic heterocycles. The minimum atomic E-state index is -1.14. The smallest absolute Gasteiger partial charge is 0.414 e. The van der Waals surface area contributed by atoms with Crippen molar-refractivity contribution >= 4 is 41.1 Å². The standard InChI is InChI=1S/C29H32FN5O6/c1-20(36)31-18-24-19-35(29(40)41-24)23-10-11-26(25(30)17-23)33-12-14-34(15-13-33)27(37)9-4-2-3-6-21-7-5-8-22(16-21)32-28(38)39/h5,7-8,10-11,16-17,24,32H,2,4,9,12-15,18-19H2,1H3,(H,31,36)(H,38,39)/t24-/m0/s1. The van der Waals surface area contributed by atoms with E-state index in [0.29, 0.717) is 68.1 Å². The number of rotatable bonds is 8. The molecular weight excluding hydrogens is 533 g/mol. The van der Waals surface area contributed by atoms with Gasteiger partial charge < -0.3 is 25.0 Å². The fourth-order valence-corrected chi connectivity index (χ4v) is 4.66. The molecule has 0 saturated carbocycles. The molecule has 0 spiro atoms. The van der Waals surface area contributed by atoms with Crippen molar-refractivity contribution < 1.29 is 33.4 Å². The van der Waals surface area contributed by atoms with Gasteiger partial charge in [0, 0.05) is 57.2 Å². The maximum absolute atomic E-state index is 15.1. The summed E-state index contributed by atoms with van der Waals surface area (Å²) in [5.74, 6) is 5.34. The number of unbranched alkanes of at least 4 members (excludes halogenated alkanes) is 1. The first-order chi connectivity index (χ1) is 19.7. The summed E-state index contributed by atoms with van der Waals surface area (Å²) in [7, 11) is 0. The van der Waals surface area contributed by atoms with Gasteiger partial charge in [-0.05, 0) is 42.8 Å². The number of nitrogens with zero attached hydrogens (tertiary/aromatic N) is 3. The van der Waals surface area contributed by atoms with Gasteiger partial charge in [0.2, 0.25) is 11.8 Å². The van der Waals surface area contributed by atoms with E-state index in [0.717, 1.165) is 0 Å². The number of carboxylic acid groups (broad SMARTS) is 1. The van der Waals surface area contributed by atoms with Crippen LogP contribution < -0.4 is 20.4 Å². The molecule has 4 amide bonds. The first kappa shape index (κ1) is 29.2. The van der Waals surface area contributed by atoms with E-state index in [9.17, 15) is 19.2 Å². The Hall–Kier alpha value is -4.79. The molecule has 1 atom stereocenters. The fraction of sp³-hybridized carbons (Fsp3) is 0.379. The highest BCUT2D eigenvalue weighted by Gasteiger charge is 2.33. The van der Waals surface area contributed by atoms with Crippen LogP contribution in [0, 0.1) is 17.7 Å². The maximum atomic E-state index is 15.1. The number of carbonyl (C=O) groups excluding carboxylic acids is 3. The average Bonchev–Trinajstić information content (AvgIpc) is 3.32. The van der Waals surface area contributed by atoms with Crippen molar-refractivity contribution in [2.24, 2.45) is 0 Å². The highest BCUT2D eigenvalue weighted by Crippen LogP contribution is 2.28. The van der Waals surface area contributed by atoms with Gasteiger partial charge in [0.1, 0.15) is 11.9 Å². The predicted octanol–water partition coefficient (Wildman–Crippen LogP) is 3.25. The van der Waals surface area contributed by atoms with E-state index in [2.05, 4.69) is 22.5 Å². The second kappa shape index (κ2) is 13.5. The van der Waals surface area contributed by atoms with Gasteiger partial charge in [-0.15, -0.1) is 0 Å². The van der Waals surface area contributed by atoms with E-state index in [1.54, 1.807) is 41.3 Å². The normalized spacial score (nSPS) is 16.5. The highest BCUT2D eigenvalue weighted by atomic mass is 19.1. The van der Waals surface area contributed by atoms with E-state index in [4.69, 9.17) is 9.84 Å². The monoisotopic (exact) mass is 565 g/mol. The molecule has 0 aliphatic carbocycles. The minimum absolute atomic E-state index is 0.0243. The molecule has 3 N–H and O–H groups in total. The Kier molecular flexibility index (Phi) is 9.63. The van der Waals surface area contributed by atoms with Crippen molar-refractivity contribution in [3.8, 4) is 11.8 Å². The highest BCUT2D eigenvalue weighted by molar-refractivity contribution is 5.90. The average molecular weight is 566 g/mol. The summed E-state index contributed by atoms with van der Waals surface area (Å²) in [5.41, 5.74) is 1.91. The van der Waals surface area contributed by atoms with E-state index < -0.39 is 24.1 Å². The summed E-state index contributed by atoms with van der Waals surface area (Å²) in [6.07, 6.45) is -0.760. The second-order valence-corrected chi connectivity index (χ2v) is 9.72. The number of carbonyl (C=O) groups is 4. The number of benzene rings is 2. The zero-order valence-corrected chi connectivity index (χ0v) is 22.7. The van der Waals surface area contributed by atoms with Crippen LogP contribution in [0.15, 0.2) is 42.5 Å². The molecule has 4 rings (SSSR count). The predicted molar refractivity (Wildman–Crippen MR) is 150 cm³/mol. The van der Waals surface area contributed by atoms with Crippen molar-refractivity contribution in [3.05, 3.63) is 53.8 Å². The number of cyclic esters (lactones) is 1. The second-order valence-electron chi connectivity index (χ2n) is 9.72. The number of ether oxygens (including phenoxy) is 1. The minimum Gasteiger partial charge on any atom is -0.465 e. The van der Waals surface area contributed by atoms with Crippen molar-refractivity contribution in [1.82, 2.24) is 10.2 Å². The Balaban J connectivity index is 1.22. The Morgan fingerprint density at radius 3 is 2.61 bits per heavy atom. The summed E-state index contributed by atoms with van der Waals surface area (Å²) in [4.78, 5) is 51.8.